The molecule has 4 nitrogen and oxygen atoms in total. The Bertz CT molecular complexity index is 788. The summed E-state index contributed by atoms with van der Waals surface area (Å²) in [5.41, 5.74) is 1.25. The second kappa shape index (κ2) is 8.32. The maximum Gasteiger partial charge on any atom is 0.243 e. The number of hydrogen-bond donors (Lipinski definition) is 0. The van der Waals surface area contributed by atoms with Gasteiger partial charge in [-0.1, -0.05) is 41.9 Å². The summed E-state index contributed by atoms with van der Waals surface area (Å²) in [6.45, 7) is 3.64. The van der Waals surface area contributed by atoms with E-state index < -0.39 is 10.0 Å². The van der Waals surface area contributed by atoms with Crippen molar-refractivity contribution in [1.29, 1.82) is 0 Å². The number of hydrogen-bond acceptors (Lipinski definition) is 3. The zero-order valence-corrected chi connectivity index (χ0v) is 15.7. The normalized spacial score (nSPS) is 16.8. The summed E-state index contributed by atoms with van der Waals surface area (Å²) in [4.78, 5) is 2.71. The number of nitrogens with zero attached hydrogens (tertiary/aromatic N) is 2. The van der Waals surface area contributed by atoms with Crippen LogP contribution in [0, 0.1) is 0 Å². The van der Waals surface area contributed by atoms with Crippen molar-refractivity contribution in [2.75, 3.05) is 32.7 Å². The van der Waals surface area contributed by atoms with E-state index in [9.17, 15) is 8.42 Å². The van der Waals surface area contributed by atoms with Crippen molar-refractivity contribution >= 4 is 21.6 Å². The molecule has 0 aliphatic carbocycles. The minimum atomic E-state index is -3.36. The van der Waals surface area contributed by atoms with Crippen molar-refractivity contribution in [2.45, 2.75) is 17.7 Å². The lowest BCUT2D eigenvalue weighted by Gasteiger charge is -2.34. The van der Waals surface area contributed by atoms with Crippen LogP contribution in [-0.4, -0.2) is 50.3 Å². The molecule has 1 aliphatic rings. The predicted octanol–water partition coefficient (Wildman–Crippen LogP) is 3.28. The monoisotopic (exact) mass is 378 g/mol. The minimum absolute atomic E-state index is 0.379. The van der Waals surface area contributed by atoms with Gasteiger partial charge in [-0.25, -0.2) is 8.42 Å². The number of rotatable bonds is 6. The zero-order chi connectivity index (χ0) is 17.7. The molecule has 0 amide bonds. The van der Waals surface area contributed by atoms with Crippen LogP contribution >= 0.6 is 11.6 Å². The number of benzene rings is 2. The standard InChI is InChI=1S/C19H23ClN2O2S/c20-18-8-4-6-17(16-18)7-5-11-21-12-14-22(15-13-21)25(23,24)19-9-2-1-3-10-19/h1-4,6,8-10,16H,5,7,11-15H2. The van der Waals surface area contributed by atoms with Crippen LogP contribution < -0.4 is 0 Å². The first kappa shape index (κ1) is 18.4. The molecule has 0 aromatic heterocycles. The van der Waals surface area contributed by atoms with Crippen molar-refractivity contribution in [3.63, 3.8) is 0 Å². The molecule has 0 spiro atoms. The van der Waals surface area contributed by atoms with Crippen molar-refractivity contribution in [2.24, 2.45) is 0 Å². The highest BCUT2D eigenvalue weighted by atomic mass is 35.5. The fraction of sp³-hybridized carbons (Fsp3) is 0.368. The van der Waals surface area contributed by atoms with Gasteiger partial charge in [0.2, 0.25) is 10.0 Å². The summed E-state index contributed by atoms with van der Waals surface area (Å²) < 4.78 is 26.8. The molecule has 0 N–H and O–H groups in total. The van der Waals surface area contributed by atoms with Crippen molar-refractivity contribution in [3.05, 3.63) is 65.2 Å². The quantitative estimate of drug-likeness (QED) is 0.774. The average Bonchev–Trinajstić information content (AvgIpc) is 2.63. The van der Waals surface area contributed by atoms with Crippen LogP contribution in [0.1, 0.15) is 12.0 Å². The Hall–Kier alpha value is -1.40. The van der Waals surface area contributed by atoms with Crippen LogP contribution in [0.25, 0.3) is 0 Å². The number of sulfonamides is 1. The van der Waals surface area contributed by atoms with E-state index in [1.165, 1.54) is 5.56 Å². The molecule has 25 heavy (non-hydrogen) atoms. The van der Waals surface area contributed by atoms with Crippen LogP contribution in [0.5, 0.6) is 0 Å². The Morgan fingerprint density at radius 1 is 0.920 bits per heavy atom. The first-order chi connectivity index (χ1) is 12.1. The zero-order valence-electron chi connectivity index (χ0n) is 14.1. The van der Waals surface area contributed by atoms with Gasteiger partial charge in [0, 0.05) is 31.2 Å². The Labute approximate surface area is 155 Å². The van der Waals surface area contributed by atoms with Crippen LogP contribution in [0.3, 0.4) is 0 Å². The Morgan fingerprint density at radius 2 is 1.64 bits per heavy atom. The lowest BCUT2D eigenvalue weighted by molar-refractivity contribution is 0.187. The SMILES string of the molecule is O=S(=O)(c1ccccc1)N1CCN(CCCc2cccc(Cl)c2)CC1. The molecule has 0 radical (unpaired) electrons. The van der Waals surface area contributed by atoms with Gasteiger partial charge in [-0.2, -0.15) is 4.31 Å². The van der Waals surface area contributed by atoms with Crippen LogP contribution in [0.2, 0.25) is 5.02 Å². The van der Waals surface area contributed by atoms with E-state index in [0.29, 0.717) is 18.0 Å². The highest BCUT2D eigenvalue weighted by Crippen LogP contribution is 2.18. The van der Waals surface area contributed by atoms with Crippen molar-refractivity contribution < 1.29 is 8.42 Å². The molecular weight excluding hydrogens is 356 g/mol. The Morgan fingerprint density at radius 3 is 2.32 bits per heavy atom. The van der Waals surface area contributed by atoms with E-state index in [0.717, 1.165) is 37.5 Å². The van der Waals surface area contributed by atoms with Gasteiger partial charge < -0.3 is 4.90 Å². The molecule has 0 unspecified atom stereocenters. The number of piperazine rings is 1. The minimum Gasteiger partial charge on any atom is -0.301 e. The third-order valence-electron chi connectivity index (χ3n) is 4.54. The van der Waals surface area contributed by atoms with E-state index in [2.05, 4.69) is 11.0 Å². The van der Waals surface area contributed by atoms with Gasteiger partial charge in [-0.15, -0.1) is 0 Å². The van der Waals surface area contributed by atoms with Gasteiger partial charge >= 0.3 is 0 Å². The highest BCUT2D eigenvalue weighted by Gasteiger charge is 2.27. The molecule has 1 fully saturated rings. The molecule has 1 aliphatic heterocycles. The van der Waals surface area contributed by atoms with E-state index in [-0.39, 0.29) is 0 Å². The maximum atomic E-state index is 12.6. The summed E-state index contributed by atoms with van der Waals surface area (Å²) in [7, 11) is -3.36. The Kier molecular flexibility index (Phi) is 6.12. The van der Waals surface area contributed by atoms with Gasteiger partial charge in [0.1, 0.15) is 0 Å². The van der Waals surface area contributed by atoms with E-state index in [1.807, 2.05) is 24.3 Å². The number of aryl methyl sites for hydroxylation is 1. The van der Waals surface area contributed by atoms with E-state index >= 15 is 0 Å². The lowest BCUT2D eigenvalue weighted by Crippen LogP contribution is -2.48. The van der Waals surface area contributed by atoms with Gasteiger partial charge in [0.05, 0.1) is 4.90 Å². The molecule has 6 heteroatoms. The summed E-state index contributed by atoms with van der Waals surface area (Å²) in [6, 6.07) is 16.6. The fourth-order valence-electron chi connectivity index (χ4n) is 3.13. The maximum absolute atomic E-state index is 12.6. The smallest absolute Gasteiger partial charge is 0.243 e. The molecule has 0 bridgehead atoms. The van der Waals surface area contributed by atoms with Crippen LogP contribution in [0.4, 0.5) is 0 Å². The summed E-state index contributed by atoms with van der Waals surface area (Å²) >= 11 is 6.01. The van der Waals surface area contributed by atoms with Gasteiger partial charge in [0.15, 0.2) is 0 Å². The van der Waals surface area contributed by atoms with Crippen molar-refractivity contribution in [1.82, 2.24) is 9.21 Å². The second-order valence-electron chi connectivity index (χ2n) is 6.29. The summed E-state index contributed by atoms with van der Waals surface area (Å²) in [5, 5.41) is 0.775. The first-order valence-electron chi connectivity index (χ1n) is 8.58. The molecule has 134 valence electrons. The molecule has 2 aromatic rings. The van der Waals surface area contributed by atoms with Gasteiger partial charge in [0.25, 0.3) is 0 Å². The van der Waals surface area contributed by atoms with Crippen molar-refractivity contribution in [3.8, 4) is 0 Å². The molecule has 3 rings (SSSR count). The Balaban J connectivity index is 1.47. The third-order valence-corrected chi connectivity index (χ3v) is 6.69. The van der Waals surface area contributed by atoms with Crippen LogP contribution in [0.15, 0.2) is 59.5 Å². The fourth-order valence-corrected chi connectivity index (χ4v) is 4.79. The van der Waals surface area contributed by atoms with Gasteiger partial charge in [-0.05, 0) is 49.2 Å². The predicted molar refractivity (Wildman–Crippen MR) is 101 cm³/mol. The van der Waals surface area contributed by atoms with Gasteiger partial charge in [-0.3, -0.25) is 0 Å². The van der Waals surface area contributed by atoms with Crippen LogP contribution in [-0.2, 0) is 16.4 Å². The topological polar surface area (TPSA) is 40.6 Å². The molecular formula is C19H23ClN2O2S. The van der Waals surface area contributed by atoms with E-state index in [1.54, 1.807) is 28.6 Å². The highest BCUT2D eigenvalue weighted by molar-refractivity contribution is 7.89. The first-order valence-corrected chi connectivity index (χ1v) is 10.4. The molecule has 1 saturated heterocycles. The molecule has 0 saturated carbocycles. The lowest BCUT2D eigenvalue weighted by atomic mass is 10.1. The molecule has 2 aromatic carbocycles. The molecule has 0 atom stereocenters. The van der Waals surface area contributed by atoms with E-state index in [4.69, 9.17) is 11.6 Å². The second-order valence-corrected chi connectivity index (χ2v) is 8.67. The average molecular weight is 379 g/mol. The summed E-state index contributed by atoms with van der Waals surface area (Å²) in [6.07, 6.45) is 2.04. The number of halogens is 1. The largest absolute Gasteiger partial charge is 0.301 e. The molecule has 1 heterocycles. The summed E-state index contributed by atoms with van der Waals surface area (Å²) in [5.74, 6) is 0. The third kappa shape index (κ3) is 4.82.